The number of fused-ring (bicyclic) bond motifs is 2. The third-order valence-corrected chi connectivity index (χ3v) is 5.40. The first-order valence-corrected chi connectivity index (χ1v) is 9.41. The van der Waals surface area contributed by atoms with E-state index in [0.29, 0.717) is 5.56 Å². The minimum atomic E-state index is -1.70. The third kappa shape index (κ3) is 3.34. The van der Waals surface area contributed by atoms with Crippen LogP contribution in [0.2, 0.25) is 0 Å². The molecule has 2 aromatic rings. The lowest BCUT2D eigenvalue weighted by Crippen LogP contribution is -2.60. The van der Waals surface area contributed by atoms with Crippen molar-refractivity contribution in [1.29, 1.82) is 0 Å². The van der Waals surface area contributed by atoms with Crippen molar-refractivity contribution in [2.24, 2.45) is 0 Å². The van der Waals surface area contributed by atoms with Gasteiger partial charge in [-0.3, -0.25) is 9.59 Å². The number of aryl methyl sites for hydroxylation is 1. The fraction of sp³-hybridized carbons (Fsp3) is 0.333. The lowest BCUT2D eigenvalue weighted by molar-refractivity contribution is -0.277. The van der Waals surface area contributed by atoms with Crippen molar-refractivity contribution in [3.05, 3.63) is 52.1 Å². The molecule has 0 amide bonds. The SMILES string of the molecule is Cc1cc(O)c2c(c1)C(=O)c1cc(OC3O[C@H](CO)[C@@H](O)[C@H](O)[C@H]3O)cc(O)c1C2=O. The average molecular weight is 432 g/mol. The summed E-state index contributed by atoms with van der Waals surface area (Å²) < 4.78 is 10.7. The Balaban J connectivity index is 1.72. The van der Waals surface area contributed by atoms with E-state index in [1.165, 1.54) is 18.2 Å². The van der Waals surface area contributed by atoms with Crippen LogP contribution in [0.4, 0.5) is 0 Å². The number of phenols is 2. The Kier molecular flexibility index (Phi) is 5.20. The number of hydrogen-bond donors (Lipinski definition) is 6. The summed E-state index contributed by atoms with van der Waals surface area (Å²) in [5.74, 6) is -2.50. The Morgan fingerprint density at radius 1 is 0.871 bits per heavy atom. The maximum atomic E-state index is 13.0. The van der Waals surface area contributed by atoms with Gasteiger partial charge in [-0.2, -0.15) is 0 Å². The lowest BCUT2D eigenvalue weighted by atomic mass is 9.82. The third-order valence-electron chi connectivity index (χ3n) is 5.40. The molecule has 164 valence electrons. The van der Waals surface area contributed by atoms with E-state index < -0.39 is 54.6 Å². The van der Waals surface area contributed by atoms with Gasteiger partial charge in [0.1, 0.15) is 41.7 Å². The van der Waals surface area contributed by atoms with Crippen molar-refractivity contribution in [1.82, 2.24) is 0 Å². The van der Waals surface area contributed by atoms with Crippen molar-refractivity contribution in [2.45, 2.75) is 37.6 Å². The molecule has 0 aromatic heterocycles. The van der Waals surface area contributed by atoms with Gasteiger partial charge in [-0.05, 0) is 30.7 Å². The molecule has 0 spiro atoms. The Morgan fingerprint density at radius 3 is 2.13 bits per heavy atom. The minimum absolute atomic E-state index is 0.0283. The summed E-state index contributed by atoms with van der Waals surface area (Å²) in [6.07, 6.45) is -7.71. The van der Waals surface area contributed by atoms with E-state index >= 15 is 0 Å². The van der Waals surface area contributed by atoms with Gasteiger partial charge < -0.3 is 40.1 Å². The molecule has 10 nitrogen and oxygen atoms in total. The largest absolute Gasteiger partial charge is 0.507 e. The zero-order valence-electron chi connectivity index (χ0n) is 16.2. The number of ketones is 2. The average Bonchev–Trinajstić information content (AvgIpc) is 2.71. The first kappa shape index (κ1) is 21.2. The minimum Gasteiger partial charge on any atom is -0.507 e. The monoisotopic (exact) mass is 432 g/mol. The van der Waals surface area contributed by atoms with Crippen LogP contribution in [0.25, 0.3) is 0 Å². The van der Waals surface area contributed by atoms with Crippen molar-refractivity contribution in [3.63, 3.8) is 0 Å². The molecule has 0 bridgehead atoms. The first-order valence-electron chi connectivity index (χ1n) is 9.41. The Hall–Kier alpha value is -3.02. The standard InChI is InChI=1S/C21H20O10/c1-7-2-9-14(11(23)3-7)18(27)15-10(16(9)25)4-8(5-12(15)24)30-21-20(29)19(28)17(26)13(6-22)31-21/h2-5,13,17,19-24,26,28-29H,6H2,1H3/t13-,17-,19+,20-,21?/m1/s1. The predicted octanol–water partition coefficient (Wildman–Crippen LogP) is -0.640. The van der Waals surface area contributed by atoms with E-state index in [2.05, 4.69) is 0 Å². The fourth-order valence-electron chi connectivity index (χ4n) is 3.84. The summed E-state index contributed by atoms with van der Waals surface area (Å²) in [6, 6.07) is 4.96. The molecule has 0 radical (unpaired) electrons. The summed E-state index contributed by atoms with van der Waals surface area (Å²) in [7, 11) is 0. The second kappa shape index (κ2) is 7.59. The fourth-order valence-corrected chi connectivity index (χ4v) is 3.84. The predicted molar refractivity (Wildman–Crippen MR) is 102 cm³/mol. The molecule has 0 saturated carbocycles. The molecular weight excluding hydrogens is 412 g/mol. The van der Waals surface area contributed by atoms with Gasteiger partial charge in [-0.25, -0.2) is 0 Å². The number of phenolic OH excluding ortho intramolecular Hbond substituents is 2. The van der Waals surface area contributed by atoms with Gasteiger partial charge in [-0.15, -0.1) is 0 Å². The summed E-state index contributed by atoms with van der Waals surface area (Å²) in [4.78, 5) is 25.9. The van der Waals surface area contributed by atoms with Crippen LogP contribution in [0, 0.1) is 6.92 Å². The van der Waals surface area contributed by atoms with Crippen molar-refractivity contribution in [2.75, 3.05) is 6.61 Å². The van der Waals surface area contributed by atoms with Gasteiger partial charge in [0.2, 0.25) is 12.1 Å². The summed E-state index contributed by atoms with van der Waals surface area (Å²) in [5, 5.41) is 59.7. The van der Waals surface area contributed by atoms with Gasteiger partial charge in [-0.1, -0.05) is 0 Å². The molecule has 4 rings (SSSR count). The number of carbonyl (C=O) groups is 2. The van der Waals surface area contributed by atoms with Crippen LogP contribution in [0.3, 0.4) is 0 Å². The van der Waals surface area contributed by atoms with Crippen LogP contribution >= 0.6 is 0 Å². The van der Waals surface area contributed by atoms with Crippen molar-refractivity contribution >= 4 is 11.6 Å². The second-order valence-corrected chi connectivity index (χ2v) is 7.54. The molecular formula is C21H20O10. The quantitative estimate of drug-likeness (QED) is 0.312. The van der Waals surface area contributed by atoms with Crippen LogP contribution in [0.1, 0.15) is 37.4 Å². The molecule has 1 fully saturated rings. The van der Waals surface area contributed by atoms with E-state index in [4.69, 9.17) is 9.47 Å². The molecule has 5 atom stereocenters. The van der Waals surface area contributed by atoms with Gasteiger partial charge in [0.15, 0.2) is 5.78 Å². The normalized spacial score (nSPS) is 27.6. The van der Waals surface area contributed by atoms with Crippen LogP contribution < -0.4 is 4.74 Å². The molecule has 31 heavy (non-hydrogen) atoms. The molecule has 10 heteroatoms. The highest BCUT2D eigenvalue weighted by Gasteiger charge is 2.45. The van der Waals surface area contributed by atoms with E-state index in [1.54, 1.807) is 6.92 Å². The number of aliphatic hydroxyl groups excluding tert-OH is 4. The molecule has 1 unspecified atom stereocenters. The topological polar surface area (TPSA) is 174 Å². The van der Waals surface area contributed by atoms with E-state index in [9.17, 15) is 40.2 Å². The highest BCUT2D eigenvalue weighted by Crippen LogP contribution is 2.40. The van der Waals surface area contributed by atoms with Crippen molar-refractivity contribution in [3.8, 4) is 17.2 Å². The molecule has 1 aliphatic carbocycles. The molecule has 2 aliphatic rings. The summed E-state index contributed by atoms with van der Waals surface area (Å²) >= 11 is 0. The second-order valence-electron chi connectivity index (χ2n) is 7.54. The maximum Gasteiger partial charge on any atom is 0.229 e. The number of hydrogen-bond acceptors (Lipinski definition) is 10. The van der Waals surface area contributed by atoms with Crippen LogP contribution in [-0.2, 0) is 4.74 Å². The van der Waals surface area contributed by atoms with Gasteiger partial charge in [0.05, 0.1) is 17.7 Å². The molecule has 1 aliphatic heterocycles. The van der Waals surface area contributed by atoms with Crippen molar-refractivity contribution < 1.29 is 49.7 Å². The van der Waals surface area contributed by atoms with Crippen LogP contribution in [0.15, 0.2) is 24.3 Å². The zero-order valence-corrected chi connectivity index (χ0v) is 16.2. The van der Waals surface area contributed by atoms with Crippen LogP contribution in [-0.4, -0.2) is 79.5 Å². The summed E-state index contributed by atoms with van der Waals surface area (Å²) in [5.41, 5.74) is -0.168. The first-order chi connectivity index (χ1) is 14.6. The number of ether oxygens (including phenoxy) is 2. The highest BCUT2D eigenvalue weighted by molar-refractivity contribution is 6.30. The number of carbonyl (C=O) groups excluding carboxylic acids is 2. The Morgan fingerprint density at radius 2 is 1.48 bits per heavy atom. The Bertz CT molecular complexity index is 1080. The van der Waals surface area contributed by atoms with Crippen LogP contribution in [0.5, 0.6) is 17.2 Å². The number of aliphatic hydroxyl groups is 4. The molecule has 1 heterocycles. The van der Waals surface area contributed by atoms with E-state index in [0.717, 1.165) is 6.07 Å². The smallest absolute Gasteiger partial charge is 0.229 e. The molecule has 1 saturated heterocycles. The lowest BCUT2D eigenvalue weighted by Gasteiger charge is -2.39. The number of benzene rings is 2. The maximum absolute atomic E-state index is 13.0. The van der Waals surface area contributed by atoms with E-state index in [-0.39, 0.29) is 33.8 Å². The van der Waals surface area contributed by atoms with Gasteiger partial charge in [0.25, 0.3) is 0 Å². The highest BCUT2D eigenvalue weighted by atomic mass is 16.7. The number of aromatic hydroxyl groups is 2. The summed E-state index contributed by atoms with van der Waals surface area (Å²) in [6.45, 7) is 0.982. The Labute approximate surface area is 175 Å². The zero-order chi connectivity index (χ0) is 22.6. The van der Waals surface area contributed by atoms with E-state index in [1.807, 2.05) is 0 Å². The molecule has 6 N–H and O–H groups in total. The molecule has 2 aromatic carbocycles. The number of rotatable bonds is 3. The van der Waals surface area contributed by atoms with Gasteiger partial charge in [0, 0.05) is 17.2 Å². The van der Waals surface area contributed by atoms with Gasteiger partial charge >= 0.3 is 0 Å².